The van der Waals surface area contributed by atoms with Crippen molar-refractivity contribution in [1.82, 2.24) is 34.4 Å². The van der Waals surface area contributed by atoms with Crippen LogP contribution in [0.2, 0.25) is 0 Å². The molecule has 9 nitrogen and oxygen atoms in total. The lowest BCUT2D eigenvalue weighted by Gasteiger charge is -2.35. The number of piperazine rings is 1. The van der Waals surface area contributed by atoms with E-state index in [2.05, 4.69) is 36.0 Å². The molecule has 9 heteroatoms. The molecule has 5 rings (SSSR count). The predicted molar refractivity (Wildman–Crippen MR) is 108 cm³/mol. The van der Waals surface area contributed by atoms with E-state index in [-0.39, 0.29) is 5.56 Å². The fourth-order valence-electron chi connectivity index (χ4n) is 3.70. The van der Waals surface area contributed by atoms with E-state index < -0.39 is 0 Å². The summed E-state index contributed by atoms with van der Waals surface area (Å²) >= 11 is 0. The molecule has 0 atom stereocenters. The average molecular weight is 392 g/mol. The molecule has 150 valence electrons. The summed E-state index contributed by atoms with van der Waals surface area (Å²) in [4.78, 5) is 25.8. The third-order valence-corrected chi connectivity index (χ3v) is 5.59. The zero-order valence-corrected chi connectivity index (χ0v) is 16.3. The zero-order valence-electron chi connectivity index (χ0n) is 16.3. The molecule has 3 aromatic rings. The molecule has 3 aromatic heterocycles. The zero-order chi connectivity index (χ0) is 19.6. The van der Waals surface area contributed by atoms with Gasteiger partial charge in [-0.05, 0) is 25.0 Å². The van der Waals surface area contributed by atoms with Crippen LogP contribution in [0.25, 0.3) is 5.82 Å². The summed E-state index contributed by atoms with van der Waals surface area (Å²) in [5.74, 6) is 2.32. The van der Waals surface area contributed by atoms with Gasteiger partial charge in [-0.2, -0.15) is 5.10 Å². The lowest BCUT2D eigenvalue weighted by Crippen LogP contribution is -2.48. The first-order valence-corrected chi connectivity index (χ1v) is 10.1. The Balaban J connectivity index is 1.18. The van der Waals surface area contributed by atoms with E-state index in [0.29, 0.717) is 18.3 Å². The van der Waals surface area contributed by atoms with Crippen LogP contribution in [0.1, 0.15) is 24.5 Å². The maximum Gasteiger partial charge on any atom is 0.266 e. The van der Waals surface area contributed by atoms with Crippen molar-refractivity contribution < 1.29 is 0 Å². The Labute approximate surface area is 168 Å². The summed E-state index contributed by atoms with van der Waals surface area (Å²) < 4.78 is 3.18. The number of rotatable bonds is 6. The van der Waals surface area contributed by atoms with E-state index >= 15 is 0 Å². The molecule has 1 saturated heterocycles. The molecule has 0 radical (unpaired) electrons. The minimum Gasteiger partial charge on any atom is -0.354 e. The number of hydrogen-bond donors (Lipinski definition) is 0. The van der Waals surface area contributed by atoms with Gasteiger partial charge in [-0.25, -0.2) is 19.3 Å². The second kappa shape index (κ2) is 7.75. The van der Waals surface area contributed by atoms with Crippen LogP contribution >= 0.6 is 0 Å². The lowest BCUT2D eigenvalue weighted by molar-refractivity contribution is 0.242. The molecule has 2 aliphatic rings. The Morgan fingerprint density at radius 3 is 2.62 bits per heavy atom. The minimum absolute atomic E-state index is 0.0897. The van der Waals surface area contributed by atoms with Gasteiger partial charge in [0.15, 0.2) is 5.82 Å². The van der Waals surface area contributed by atoms with Crippen LogP contribution in [0.5, 0.6) is 0 Å². The van der Waals surface area contributed by atoms with Crippen molar-refractivity contribution in [2.75, 3.05) is 37.6 Å². The van der Waals surface area contributed by atoms with Crippen LogP contribution in [0.4, 0.5) is 5.82 Å². The van der Waals surface area contributed by atoms with Gasteiger partial charge >= 0.3 is 0 Å². The third-order valence-electron chi connectivity index (χ3n) is 5.59. The molecule has 29 heavy (non-hydrogen) atoms. The second-order valence-corrected chi connectivity index (χ2v) is 7.61. The highest BCUT2D eigenvalue weighted by Gasteiger charge is 2.26. The van der Waals surface area contributed by atoms with Gasteiger partial charge in [-0.3, -0.25) is 9.69 Å². The first-order chi connectivity index (χ1) is 14.3. The van der Waals surface area contributed by atoms with Crippen molar-refractivity contribution in [3.8, 4) is 5.82 Å². The molecule has 4 heterocycles. The van der Waals surface area contributed by atoms with E-state index in [1.807, 2.05) is 12.3 Å². The van der Waals surface area contributed by atoms with Crippen LogP contribution in [-0.2, 0) is 6.54 Å². The third kappa shape index (κ3) is 4.04. The first kappa shape index (κ1) is 18.0. The van der Waals surface area contributed by atoms with E-state index in [9.17, 15) is 4.79 Å². The van der Waals surface area contributed by atoms with Gasteiger partial charge in [0.05, 0.1) is 6.54 Å². The van der Waals surface area contributed by atoms with Gasteiger partial charge in [-0.15, -0.1) is 5.10 Å². The fourth-order valence-corrected chi connectivity index (χ4v) is 3.70. The standard InChI is InChI=1S/C20H24N8O/c29-20-5-4-18(27-7-1-6-23-27)24-28(20)13-10-25-8-11-26(12-9-25)19-14-17(16-2-3-16)21-15-22-19/h1,4-7,14-16H,2-3,8-13H2. The summed E-state index contributed by atoms with van der Waals surface area (Å²) in [6.07, 6.45) is 7.71. The molecular weight excluding hydrogens is 368 g/mol. The molecule has 1 aliphatic carbocycles. The first-order valence-electron chi connectivity index (χ1n) is 10.1. The Morgan fingerprint density at radius 1 is 1.00 bits per heavy atom. The SMILES string of the molecule is O=c1ccc(-n2cccn2)nn1CCN1CCN(c2cc(C3CC3)ncn2)CC1. The molecule has 0 N–H and O–H groups in total. The number of aromatic nitrogens is 6. The normalized spacial score (nSPS) is 17.6. The van der Waals surface area contributed by atoms with Crippen molar-refractivity contribution >= 4 is 5.82 Å². The highest BCUT2D eigenvalue weighted by Crippen LogP contribution is 2.39. The topological polar surface area (TPSA) is 85.0 Å². The molecule has 1 saturated carbocycles. The molecule has 1 aliphatic heterocycles. The van der Waals surface area contributed by atoms with Crippen molar-refractivity contribution in [1.29, 1.82) is 0 Å². The summed E-state index contributed by atoms with van der Waals surface area (Å²) in [6.45, 7) is 5.09. The molecule has 0 amide bonds. The number of nitrogens with zero attached hydrogens (tertiary/aromatic N) is 8. The van der Waals surface area contributed by atoms with Crippen LogP contribution in [0.15, 0.2) is 47.8 Å². The maximum absolute atomic E-state index is 12.2. The van der Waals surface area contributed by atoms with Gasteiger partial charge < -0.3 is 4.90 Å². The van der Waals surface area contributed by atoms with E-state index in [1.165, 1.54) is 23.2 Å². The van der Waals surface area contributed by atoms with E-state index in [0.717, 1.165) is 38.5 Å². The quantitative estimate of drug-likeness (QED) is 0.617. The van der Waals surface area contributed by atoms with Gasteiger partial charge in [0.25, 0.3) is 5.56 Å². The Hall–Kier alpha value is -3.07. The van der Waals surface area contributed by atoms with Crippen molar-refractivity contribution in [3.05, 3.63) is 59.0 Å². The van der Waals surface area contributed by atoms with Crippen LogP contribution in [0, 0.1) is 0 Å². The molecule has 2 fully saturated rings. The molecule has 0 unspecified atom stereocenters. The van der Waals surface area contributed by atoms with Crippen LogP contribution < -0.4 is 10.5 Å². The second-order valence-electron chi connectivity index (χ2n) is 7.61. The van der Waals surface area contributed by atoms with Gasteiger partial charge in [0.1, 0.15) is 12.1 Å². The number of hydrogen-bond acceptors (Lipinski definition) is 7. The van der Waals surface area contributed by atoms with Crippen LogP contribution in [0.3, 0.4) is 0 Å². The highest BCUT2D eigenvalue weighted by molar-refractivity contribution is 5.41. The Morgan fingerprint density at radius 2 is 1.86 bits per heavy atom. The van der Waals surface area contributed by atoms with Crippen molar-refractivity contribution in [3.63, 3.8) is 0 Å². The molecule has 0 spiro atoms. The average Bonchev–Trinajstić information content (AvgIpc) is 3.48. The Bertz CT molecular complexity index is 1020. The van der Waals surface area contributed by atoms with E-state index in [4.69, 9.17) is 0 Å². The minimum atomic E-state index is -0.0897. The fraction of sp³-hybridized carbons (Fsp3) is 0.450. The molecule has 0 bridgehead atoms. The molecule has 0 aromatic carbocycles. The summed E-state index contributed by atoms with van der Waals surface area (Å²) in [7, 11) is 0. The molecular formula is C20H24N8O. The highest BCUT2D eigenvalue weighted by atomic mass is 16.1. The predicted octanol–water partition coefficient (Wildman–Crippen LogP) is 0.919. The Kier molecular flexibility index (Phi) is 4.81. The summed E-state index contributed by atoms with van der Waals surface area (Å²) in [6, 6.07) is 7.23. The lowest BCUT2D eigenvalue weighted by atomic mass is 10.2. The van der Waals surface area contributed by atoms with Gasteiger partial charge in [0, 0.05) is 68.9 Å². The monoisotopic (exact) mass is 392 g/mol. The smallest absolute Gasteiger partial charge is 0.266 e. The van der Waals surface area contributed by atoms with Gasteiger partial charge in [0.2, 0.25) is 0 Å². The van der Waals surface area contributed by atoms with E-state index in [1.54, 1.807) is 29.3 Å². The van der Waals surface area contributed by atoms with Crippen molar-refractivity contribution in [2.45, 2.75) is 25.3 Å². The maximum atomic E-state index is 12.2. The number of anilines is 1. The van der Waals surface area contributed by atoms with Gasteiger partial charge in [-0.1, -0.05) is 0 Å². The summed E-state index contributed by atoms with van der Waals surface area (Å²) in [5, 5.41) is 8.62. The van der Waals surface area contributed by atoms with Crippen LogP contribution in [-0.4, -0.2) is 67.2 Å². The van der Waals surface area contributed by atoms with Crippen molar-refractivity contribution in [2.24, 2.45) is 0 Å². The largest absolute Gasteiger partial charge is 0.354 e. The summed E-state index contributed by atoms with van der Waals surface area (Å²) in [5.41, 5.74) is 1.09.